The summed E-state index contributed by atoms with van der Waals surface area (Å²) in [5.41, 5.74) is 0.795. The standard InChI is InChI=1S/C15H14O4/c1-3-7-18-13-9-12(5-6-15(16)17)10-14(11-13)19-8-4-2/h1-2,9-11H,5-8H2,(H,16,17). The van der Waals surface area contributed by atoms with Gasteiger partial charge in [-0.1, -0.05) is 11.8 Å². The van der Waals surface area contributed by atoms with Crippen molar-refractivity contribution in [2.75, 3.05) is 13.2 Å². The van der Waals surface area contributed by atoms with Crippen molar-refractivity contribution < 1.29 is 19.4 Å². The molecule has 98 valence electrons. The molecular formula is C15H14O4. The van der Waals surface area contributed by atoms with Gasteiger partial charge in [-0.3, -0.25) is 4.79 Å². The first-order valence-electron chi connectivity index (χ1n) is 5.64. The molecule has 0 fully saturated rings. The number of carboxylic acid groups (broad SMARTS) is 1. The summed E-state index contributed by atoms with van der Waals surface area (Å²) in [4.78, 5) is 10.6. The third-order valence-electron chi connectivity index (χ3n) is 2.21. The molecule has 1 N–H and O–H groups in total. The maximum Gasteiger partial charge on any atom is 0.303 e. The molecule has 1 rings (SSSR count). The lowest BCUT2D eigenvalue weighted by Gasteiger charge is -2.09. The molecule has 0 bridgehead atoms. The average molecular weight is 258 g/mol. The minimum atomic E-state index is -0.860. The monoisotopic (exact) mass is 258 g/mol. The van der Waals surface area contributed by atoms with Crippen LogP contribution in [-0.2, 0) is 11.2 Å². The Kier molecular flexibility index (Phi) is 5.85. The topological polar surface area (TPSA) is 55.8 Å². The highest BCUT2D eigenvalue weighted by molar-refractivity contribution is 5.67. The Hall–Kier alpha value is -2.59. The molecule has 4 nitrogen and oxygen atoms in total. The van der Waals surface area contributed by atoms with E-state index >= 15 is 0 Å². The normalized spacial score (nSPS) is 9.16. The van der Waals surface area contributed by atoms with Crippen LogP contribution in [0.1, 0.15) is 12.0 Å². The molecular weight excluding hydrogens is 244 g/mol. The summed E-state index contributed by atoms with van der Waals surface area (Å²) in [6.07, 6.45) is 10.7. The number of hydrogen-bond donors (Lipinski definition) is 1. The van der Waals surface area contributed by atoms with Crippen molar-refractivity contribution >= 4 is 5.97 Å². The number of terminal acetylenes is 2. The van der Waals surface area contributed by atoms with E-state index in [0.29, 0.717) is 17.9 Å². The Bertz CT molecular complexity index is 484. The molecule has 0 saturated heterocycles. The van der Waals surface area contributed by atoms with Gasteiger partial charge >= 0.3 is 5.97 Å². The molecule has 0 atom stereocenters. The van der Waals surface area contributed by atoms with Crippen LogP contribution in [-0.4, -0.2) is 24.3 Å². The maximum atomic E-state index is 10.6. The van der Waals surface area contributed by atoms with E-state index in [2.05, 4.69) is 11.8 Å². The van der Waals surface area contributed by atoms with E-state index in [-0.39, 0.29) is 19.6 Å². The van der Waals surface area contributed by atoms with Gasteiger partial charge in [0, 0.05) is 12.5 Å². The molecule has 0 radical (unpaired) electrons. The van der Waals surface area contributed by atoms with Gasteiger partial charge in [-0.05, 0) is 24.1 Å². The van der Waals surface area contributed by atoms with E-state index in [1.807, 2.05) is 0 Å². The minimum Gasteiger partial charge on any atom is -0.481 e. The van der Waals surface area contributed by atoms with Crippen molar-refractivity contribution in [3.05, 3.63) is 23.8 Å². The molecule has 19 heavy (non-hydrogen) atoms. The molecule has 0 heterocycles. The highest BCUT2D eigenvalue weighted by Crippen LogP contribution is 2.24. The Morgan fingerprint density at radius 1 is 1.11 bits per heavy atom. The molecule has 0 spiro atoms. The van der Waals surface area contributed by atoms with Crippen molar-refractivity contribution in [1.82, 2.24) is 0 Å². The summed E-state index contributed by atoms with van der Waals surface area (Å²) >= 11 is 0. The lowest BCUT2D eigenvalue weighted by molar-refractivity contribution is -0.136. The van der Waals surface area contributed by atoms with Crippen LogP contribution < -0.4 is 9.47 Å². The predicted molar refractivity (Wildman–Crippen MR) is 71.1 cm³/mol. The molecule has 0 saturated carbocycles. The molecule has 1 aromatic rings. The van der Waals surface area contributed by atoms with Gasteiger partial charge in [-0.25, -0.2) is 0 Å². The first-order valence-corrected chi connectivity index (χ1v) is 5.64. The Labute approximate surface area is 112 Å². The Morgan fingerprint density at radius 3 is 2.05 bits per heavy atom. The van der Waals surface area contributed by atoms with Gasteiger partial charge in [0.05, 0.1) is 0 Å². The van der Waals surface area contributed by atoms with Crippen LogP contribution in [0.3, 0.4) is 0 Å². The number of benzene rings is 1. The first kappa shape index (κ1) is 14.5. The number of ether oxygens (including phenoxy) is 2. The van der Waals surface area contributed by atoms with E-state index in [9.17, 15) is 4.79 Å². The second kappa shape index (κ2) is 7.68. The second-order valence-electron chi connectivity index (χ2n) is 3.69. The van der Waals surface area contributed by atoms with Gasteiger partial charge in [0.15, 0.2) is 0 Å². The van der Waals surface area contributed by atoms with Crippen LogP contribution >= 0.6 is 0 Å². The Balaban J connectivity index is 2.85. The van der Waals surface area contributed by atoms with E-state index < -0.39 is 5.97 Å². The van der Waals surface area contributed by atoms with Gasteiger partial charge < -0.3 is 14.6 Å². The molecule has 1 aromatic carbocycles. The zero-order valence-electron chi connectivity index (χ0n) is 10.4. The zero-order chi connectivity index (χ0) is 14.1. The third-order valence-corrected chi connectivity index (χ3v) is 2.21. The number of rotatable bonds is 7. The summed E-state index contributed by atoms with van der Waals surface area (Å²) in [7, 11) is 0. The third kappa shape index (κ3) is 5.52. The minimum absolute atomic E-state index is 0.0349. The molecule has 0 unspecified atom stereocenters. The second-order valence-corrected chi connectivity index (χ2v) is 3.69. The number of aliphatic carboxylic acids is 1. The summed E-state index contributed by atoms with van der Waals surface area (Å²) < 4.78 is 10.6. The highest BCUT2D eigenvalue weighted by Gasteiger charge is 2.05. The van der Waals surface area contributed by atoms with Crippen molar-refractivity contribution in [1.29, 1.82) is 0 Å². The van der Waals surface area contributed by atoms with Crippen molar-refractivity contribution in [2.45, 2.75) is 12.8 Å². The molecule has 0 aliphatic carbocycles. The van der Waals surface area contributed by atoms with E-state index in [1.165, 1.54) is 0 Å². The summed E-state index contributed by atoms with van der Waals surface area (Å²) in [6.45, 7) is 0.272. The molecule has 0 aromatic heterocycles. The fraction of sp³-hybridized carbons (Fsp3) is 0.267. The zero-order valence-corrected chi connectivity index (χ0v) is 10.4. The molecule has 4 heteroatoms. The summed E-state index contributed by atoms with van der Waals surface area (Å²) in [6, 6.07) is 5.14. The summed E-state index contributed by atoms with van der Waals surface area (Å²) in [5, 5.41) is 8.68. The predicted octanol–water partition coefficient (Wildman–Crippen LogP) is 1.73. The number of aryl methyl sites for hydroxylation is 1. The van der Waals surface area contributed by atoms with Crippen molar-refractivity contribution in [3.63, 3.8) is 0 Å². The van der Waals surface area contributed by atoms with Crippen LogP contribution in [0, 0.1) is 24.7 Å². The SMILES string of the molecule is C#CCOc1cc(CCC(=O)O)cc(OCC#C)c1. The van der Waals surface area contributed by atoms with E-state index in [1.54, 1.807) is 18.2 Å². The van der Waals surface area contributed by atoms with Crippen molar-refractivity contribution in [2.24, 2.45) is 0 Å². The van der Waals surface area contributed by atoms with Crippen LogP contribution in [0.15, 0.2) is 18.2 Å². The van der Waals surface area contributed by atoms with E-state index in [4.69, 9.17) is 27.4 Å². The Morgan fingerprint density at radius 2 is 1.63 bits per heavy atom. The largest absolute Gasteiger partial charge is 0.481 e. The van der Waals surface area contributed by atoms with Gasteiger partial charge in [0.2, 0.25) is 0 Å². The quantitative estimate of drug-likeness (QED) is 0.757. The fourth-order valence-electron chi connectivity index (χ4n) is 1.44. The number of hydrogen-bond acceptors (Lipinski definition) is 3. The lowest BCUT2D eigenvalue weighted by atomic mass is 10.1. The van der Waals surface area contributed by atoms with Crippen LogP contribution in [0.4, 0.5) is 0 Å². The molecule has 0 amide bonds. The molecule has 0 aliphatic rings. The van der Waals surface area contributed by atoms with E-state index in [0.717, 1.165) is 5.56 Å². The number of carbonyl (C=O) groups is 1. The maximum absolute atomic E-state index is 10.6. The van der Waals surface area contributed by atoms with Gasteiger partial charge in [0.25, 0.3) is 0 Å². The fourth-order valence-corrected chi connectivity index (χ4v) is 1.44. The molecule has 0 aliphatic heterocycles. The van der Waals surface area contributed by atoms with Gasteiger partial charge in [-0.15, -0.1) is 12.8 Å². The van der Waals surface area contributed by atoms with Crippen LogP contribution in [0.5, 0.6) is 11.5 Å². The van der Waals surface area contributed by atoms with Crippen molar-refractivity contribution in [3.8, 4) is 36.2 Å². The number of carboxylic acids is 1. The van der Waals surface area contributed by atoms with Crippen LogP contribution in [0.2, 0.25) is 0 Å². The lowest BCUT2D eigenvalue weighted by Crippen LogP contribution is -2.01. The smallest absolute Gasteiger partial charge is 0.303 e. The highest BCUT2D eigenvalue weighted by atomic mass is 16.5. The van der Waals surface area contributed by atoms with Gasteiger partial charge in [0.1, 0.15) is 24.7 Å². The first-order chi connectivity index (χ1) is 9.15. The van der Waals surface area contributed by atoms with Crippen LogP contribution in [0.25, 0.3) is 0 Å². The average Bonchev–Trinajstić information content (AvgIpc) is 2.40. The van der Waals surface area contributed by atoms with Gasteiger partial charge in [-0.2, -0.15) is 0 Å². The summed E-state index contributed by atoms with van der Waals surface area (Å²) in [5.74, 6) is 4.93.